The van der Waals surface area contributed by atoms with Gasteiger partial charge in [0.25, 0.3) is 5.91 Å². The molecule has 1 saturated heterocycles. The summed E-state index contributed by atoms with van der Waals surface area (Å²) in [5, 5.41) is 0. The molecule has 22 heavy (non-hydrogen) atoms. The third kappa shape index (κ3) is 3.24. The van der Waals surface area contributed by atoms with Crippen molar-refractivity contribution < 1.29 is 9.53 Å². The van der Waals surface area contributed by atoms with E-state index in [-0.39, 0.29) is 5.91 Å². The van der Waals surface area contributed by atoms with Gasteiger partial charge < -0.3 is 9.64 Å². The fraction of sp³-hybridized carbons (Fsp3) is 0.353. The fourth-order valence-corrected chi connectivity index (χ4v) is 2.85. The Kier molecular flexibility index (Phi) is 4.32. The first kappa shape index (κ1) is 14.5. The lowest BCUT2D eigenvalue weighted by Crippen LogP contribution is -2.29. The lowest BCUT2D eigenvalue weighted by atomic mass is 9.99. The van der Waals surface area contributed by atoms with E-state index in [1.54, 1.807) is 19.5 Å². The first-order valence-electron chi connectivity index (χ1n) is 7.44. The second-order valence-electron chi connectivity index (χ2n) is 5.55. The molecule has 5 heteroatoms. The highest BCUT2D eigenvalue weighted by molar-refractivity contribution is 5.92. The Hall–Kier alpha value is -2.43. The van der Waals surface area contributed by atoms with E-state index in [9.17, 15) is 4.79 Å². The molecule has 1 amide bonds. The van der Waals surface area contributed by atoms with E-state index >= 15 is 0 Å². The Bertz CT molecular complexity index is 628. The molecule has 0 spiro atoms. The second kappa shape index (κ2) is 6.56. The summed E-state index contributed by atoms with van der Waals surface area (Å²) in [5.41, 5.74) is 1.70. The minimum absolute atomic E-state index is 0.0228. The van der Waals surface area contributed by atoms with E-state index in [0.717, 1.165) is 31.7 Å². The van der Waals surface area contributed by atoms with Gasteiger partial charge >= 0.3 is 0 Å². The maximum absolute atomic E-state index is 12.3. The minimum atomic E-state index is -0.0228. The summed E-state index contributed by atoms with van der Waals surface area (Å²) in [4.78, 5) is 22.3. The van der Waals surface area contributed by atoms with Crippen molar-refractivity contribution in [1.82, 2.24) is 14.9 Å². The van der Waals surface area contributed by atoms with Crippen LogP contribution in [0.3, 0.4) is 0 Å². The fourth-order valence-electron chi connectivity index (χ4n) is 2.85. The predicted molar refractivity (Wildman–Crippen MR) is 82.7 cm³/mol. The number of hydrogen-bond acceptors (Lipinski definition) is 4. The highest BCUT2D eigenvalue weighted by atomic mass is 16.5. The largest absolute Gasteiger partial charge is 0.497 e. The maximum atomic E-state index is 12.3. The standard InChI is InChI=1S/C17H19N3O2/c1-22-15-4-2-13(3-5-15)10-14-6-9-20(12-14)17(21)16-11-18-7-8-19-16/h2-5,7-8,11,14H,6,9-10,12H2,1H3. The quantitative estimate of drug-likeness (QED) is 0.868. The number of nitrogens with zero attached hydrogens (tertiary/aromatic N) is 3. The Labute approximate surface area is 130 Å². The number of carbonyl (C=O) groups excluding carboxylic acids is 1. The van der Waals surface area contributed by atoms with Crippen molar-refractivity contribution in [2.45, 2.75) is 12.8 Å². The molecular weight excluding hydrogens is 278 g/mol. The summed E-state index contributed by atoms with van der Waals surface area (Å²) >= 11 is 0. The molecule has 114 valence electrons. The van der Waals surface area contributed by atoms with Crippen molar-refractivity contribution in [2.24, 2.45) is 5.92 Å². The lowest BCUT2D eigenvalue weighted by Gasteiger charge is -2.16. The Morgan fingerprint density at radius 1 is 1.32 bits per heavy atom. The average Bonchev–Trinajstić information content (AvgIpc) is 3.04. The van der Waals surface area contributed by atoms with E-state index in [4.69, 9.17) is 4.74 Å². The predicted octanol–water partition coefficient (Wildman–Crippen LogP) is 2.19. The molecule has 1 aromatic carbocycles. The third-order valence-corrected chi connectivity index (χ3v) is 4.04. The first-order chi connectivity index (χ1) is 10.8. The van der Waals surface area contributed by atoms with Gasteiger partial charge in [0.1, 0.15) is 11.4 Å². The highest BCUT2D eigenvalue weighted by Gasteiger charge is 2.27. The molecule has 0 bridgehead atoms. The molecule has 5 nitrogen and oxygen atoms in total. The van der Waals surface area contributed by atoms with Crippen LogP contribution in [0, 0.1) is 5.92 Å². The minimum Gasteiger partial charge on any atom is -0.497 e. The Balaban J connectivity index is 1.59. The van der Waals surface area contributed by atoms with E-state index in [2.05, 4.69) is 22.1 Å². The van der Waals surface area contributed by atoms with Crippen LogP contribution in [0.15, 0.2) is 42.9 Å². The molecule has 1 unspecified atom stereocenters. The van der Waals surface area contributed by atoms with Gasteiger partial charge in [-0.05, 0) is 36.5 Å². The van der Waals surface area contributed by atoms with Crippen LogP contribution >= 0.6 is 0 Å². The Morgan fingerprint density at radius 2 is 2.14 bits per heavy atom. The average molecular weight is 297 g/mol. The summed E-state index contributed by atoms with van der Waals surface area (Å²) in [6, 6.07) is 8.14. The van der Waals surface area contributed by atoms with Gasteiger partial charge in [-0.25, -0.2) is 4.98 Å². The molecule has 0 N–H and O–H groups in total. The molecule has 3 rings (SSSR count). The molecule has 1 aromatic heterocycles. The number of rotatable bonds is 4. The highest BCUT2D eigenvalue weighted by Crippen LogP contribution is 2.23. The SMILES string of the molecule is COc1ccc(CC2CCN(C(=O)c3cnccn3)C2)cc1. The van der Waals surface area contributed by atoms with Crippen LogP contribution < -0.4 is 4.74 Å². The summed E-state index contributed by atoms with van der Waals surface area (Å²) in [6.45, 7) is 1.57. The number of hydrogen-bond donors (Lipinski definition) is 0. The summed E-state index contributed by atoms with van der Waals surface area (Å²) in [5.74, 6) is 1.34. The molecule has 0 radical (unpaired) electrons. The number of carbonyl (C=O) groups is 1. The van der Waals surface area contributed by atoms with Crippen LogP contribution in [-0.2, 0) is 6.42 Å². The van der Waals surface area contributed by atoms with Crippen LogP contribution in [0.2, 0.25) is 0 Å². The zero-order chi connectivity index (χ0) is 15.4. The topological polar surface area (TPSA) is 55.3 Å². The monoisotopic (exact) mass is 297 g/mol. The summed E-state index contributed by atoms with van der Waals surface area (Å²) in [7, 11) is 1.67. The van der Waals surface area contributed by atoms with Gasteiger partial charge in [0, 0.05) is 25.5 Å². The molecule has 2 aromatic rings. The van der Waals surface area contributed by atoms with Crippen molar-refractivity contribution in [3.8, 4) is 5.75 Å². The van der Waals surface area contributed by atoms with Crippen molar-refractivity contribution in [1.29, 1.82) is 0 Å². The number of methoxy groups -OCH3 is 1. The number of ether oxygens (including phenoxy) is 1. The molecule has 1 aliphatic heterocycles. The van der Waals surface area contributed by atoms with Crippen LogP contribution in [0.25, 0.3) is 0 Å². The smallest absolute Gasteiger partial charge is 0.274 e. The van der Waals surface area contributed by atoms with Gasteiger partial charge in [-0.3, -0.25) is 9.78 Å². The molecule has 0 saturated carbocycles. The molecule has 1 atom stereocenters. The van der Waals surface area contributed by atoms with Crippen LogP contribution in [-0.4, -0.2) is 41.0 Å². The molecular formula is C17H19N3O2. The van der Waals surface area contributed by atoms with Gasteiger partial charge in [-0.1, -0.05) is 12.1 Å². The molecule has 2 heterocycles. The van der Waals surface area contributed by atoms with Gasteiger partial charge in [-0.2, -0.15) is 0 Å². The van der Waals surface area contributed by atoms with Crippen LogP contribution in [0.1, 0.15) is 22.5 Å². The Morgan fingerprint density at radius 3 is 2.82 bits per heavy atom. The van der Waals surface area contributed by atoms with E-state index in [1.807, 2.05) is 17.0 Å². The van der Waals surface area contributed by atoms with E-state index < -0.39 is 0 Å². The van der Waals surface area contributed by atoms with Gasteiger partial charge in [0.15, 0.2) is 0 Å². The maximum Gasteiger partial charge on any atom is 0.274 e. The normalized spacial score (nSPS) is 17.5. The second-order valence-corrected chi connectivity index (χ2v) is 5.55. The van der Waals surface area contributed by atoms with Crippen molar-refractivity contribution in [2.75, 3.05) is 20.2 Å². The molecule has 0 aliphatic carbocycles. The number of aromatic nitrogens is 2. The zero-order valence-corrected chi connectivity index (χ0v) is 12.6. The number of likely N-dealkylation sites (tertiary alicyclic amines) is 1. The zero-order valence-electron chi connectivity index (χ0n) is 12.6. The lowest BCUT2D eigenvalue weighted by molar-refractivity contribution is 0.0781. The van der Waals surface area contributed by atoms with E-state index in [0.29, 0.717) is 11.6 Å². The van der Waals surface area contributed by atoms with Gasteiger partial charge in [0.05, 0.1) is 13.3 Å². The van der Waals surface area contributed by atoms with Gasteiger partial charge in [0.2, 0.25) is 0 Å². The van der Waals surface area contributed by atoms with Crippen molar-refractivity contribution in [3.05, 3.63) is 54.1 Å². The van der Waals surface area contributed by atoms with Crippen LogP contribution in [0.5, 0.6) is 5.75 Å². The van der Waals surface area contributed by atoms with Gasteiger partial charge in [-0.15, -0.1) is 0 Å². The summed E-state index contributed by atoms with van der Waals surface area (Å²) in [6.07, 6.45) is 6.66. The summed E-state index contributed by atoms with van der Waals surface area (Å²) < 4.78 is 5.17. The van der Waals surface area contributed by atoms with Crippen molar-refractivity contribution in [3.63, 3.8) is 0 Å². The first-order valence-corrected chi connectivity index (χ1v) is 7.44. The molecule has 1 fully saturated rings. The van der Waals surface area contributed by atoms with Crippen LogP contribution in [0.4, 0.5) is 0 Å². The molecule has 1 aliphatic rings. The number of amides is 1. The van der Waals surface area contributed by atoms with E-state index in [1.165, 1.54) is 11.8 Å². The number of benzene rings is 1. The van der Waals surface area contributed by atoms with Crippen molar-refractivity contribution >= 4 is 5.91 Å². The third-order valence-electron chi connectivity index (χ3n) is 4.04.